The number of rotatable bonds is 2. The SMILES string of the molecule is NCC(N)c1ccnc(Cl)c1. The lowest BCUT2D eigenvalue weighted by atomic mass is 10.1. The predicted molar refractivity (Wildman–Crippen MR) is 45.2 cm³/mol. The van der Waals surface area contributed by atoms with E-state index in [9.17, 15) is 0 Å². The van der Waals surface area contributed by atoms with Crippen LogP contribution in [0.25, 0.3) is 0 Å². The number of hydrogen-bond donors (Lipinski definition) is 2. The summed E-state index contributed by atoms with van der Waals surface area (Å²) in [5.74, 6) is 0. The van der Waals surface area contributed by atoms with Crippen LogP contribution in [0.1, 0.15) is 11.6 Å². The van der Waals surface area contributed by atoms with Crippen molar-refractivity contribution in [2.45, 2.75) is 6.04 Å². The van der Waals surface area contributed by atoms with Crippen molar-refractivity contribution in [2.75, 3.05) is 6.54 Å². The Labute approximate surface area is 70.4 Å². The van der Waals surface area contributed by atoms with E-state index >= 15 is 0 Å². The predicted octanol–water partition coefficient (Wildman–Crippen LogP) is 0.694. The monoisotopic (exact) mass is 171 g/mol. The zero-order valence-corrected chi connectivity index (χ0v) is 6.75. The smallest absolute Gasteiger partial charge is 0.129 e. The first-order valence-electron chi connectivity index (χ1n) is 3.31. The Hall–Kier alpha value is -0.640. The Balaban J connectivity index is 2.86. The van der Waals surface area contributed by atoms with Crippen LogP contribution in [-0.4, -0.2) is 11.5 Å². The van der Waals surface area contributed by atoms with Gasteiger partial charge in [-0.25, -0.2) is 4.98 Å². The van der Waals surface area contributed by atoms with Gasteiger partial charge >= 0.3 is 0 Å². The van der Waals surface area contributed by atoms with Crippen LogP contribution in [0.15, 0.2) is 18.3 Å². The molecule has 1 aromatic heterocycles. The average Bonchev–Trinajstić information content (AvgIpc) is 2.03. The van der Waals surface area contributed by atoms with Gasteiger partial charge in [0.05, 0.1) is 0 Å². The zero-order valence-electron chi connectivity index (χ0n) is 6.00. The van der Waals surface area contributed by atoms with Gasteiger partial charge in [-0.3, -0.25) is 0 Å². The fraction of sp³-hybridized carbons (Fsp3) is 0.286. The molecule has 0 aliphatic heterocycles. The van der Waals surface area contributed by atoms with Crippen molar-refractivity contribution in [3.63, 3.8) is 0 Å². The second-order valence-electron chi connectivity index (χ2n) is 2.25. The summed E-state index contributed by atoms with van der Waals surface area (Å²) in [6.45, 7) is 0.417. The summed E-state index contributed by atoms with van der Waals surface area (Å²) in [7, 11) is 0. The van der Waals surface area contributed by atoms with Crippen molar-refractivity contribution in [3.8, 4) is 0 Å². The summed E-state index contributed by atoms with van der Waals surface area (Å²) in [6.07, 6.45) is 1.62. The Kier molecular flexibility index (Phi) is 2.82. The Morgan fingerprint density at radius 1 is 1.64 bits per heavy atom. The van der Waals surface area contributed by atoms with Crippen LogP contribution in [-0.2, 0) is 0 Å². The number of halogens is 1. The van der Waals surface area contributed by atoms with Gasteiger partial charge in [-0.2, -0.15) is 0 Å². The zero-order chi connectivity index (χ0) is 8.27. The molecule has 1 aromatic rings. The molecule has 0 bridgehead atoms. The number of pyridine rings is 1. The molecule has 1 heterocycles. The summed E-state index contributed by atoms with van der Waals surface area (Å²) in [4.78, 5) is 3.83. The first kappa shape index (κ1) is 8.46. The minimum absolute atomic E-state index is 0.143. The van der Waals surface area contributed by atoms with Gasteiger partial charge in [-0.15, -0.1) is 0 Å². The molecule has 1 unspecified atom stereocenters. The van der Waals surface area contributed by atoms with E-state index < -0.39 is 0 Å². The third kappa shape index (κ3) is 2.15. The van der Waals surface area contributed by atoms with E-state index in [1.165, 1.54) is 0 Å². The molecular formula is C7H10ClN3. The fourth-order valence-corrected chi connectivity index (χ4v) is 0.966. The maximum Gasteiger partial charge on any atom is 0.129 e. The van der Waals surface area contributed by atoms with Gasteiger partial charge in [0.15, 0.2) is 0 Å². The van der Waals surface area contributed by atoms with E-state index in [4.69, 9.17) is 23.1 Å². The second-order valence-corrected chi connectivity index (χ2v) is 2.64. The second kappa shape index (κ2) is 3.67. The van der Waals surface area contributed by atoms with Crippen LogP contribution in [0.2, 0.25) is 5.15 Å². The van der Waals surface area contributed by atoms with E-state index in [0.29, 0.717) is 11.7 Å². The van der Waals surface area contributed by atoms with Crippen LogP contribution < -0.4 is 11.5 Å². The molecule has 60 valence electrons. The molecule has 0 saturated heterocycles. The maximum absolute atomic E-state index is 5.65. The molecule has 4 heteroatoms. The minimum Gasteiger partial charge on any atom is -0.329 e. The third-order valence-electron chi connectivity index (χ3n) is 1.43. The molecule has 4 N–H and O–H groups in total. The normalized spacial score (nSPS) is 13.0. The van der Waals surface area contributed by atoms with Gasteiger partial charge in [-0.05, 0) is 17.7 Å². The molecule has 0 radical (unpaired) electrons. The molecule has 1 rings (SSSR count). The topological polar surface area (TPSA) is 64.9 Å². The molecule has 0 aromatic carbocycles. The van der Waals surface area contributed by atoms with Gasteiger partial charge < -0.3 is 11.5 Å². The molecule has 1 atom stereocenters. The van der Waals surface area contributed by atoms with Gasteiger partial charge in [-0.1, -0.05) is 11.6 Å². The first-order chi connectivity index (χ1) is 5.24. The number of nitrogens with zero attached hydrogens (tertiary/aromatic N) is 1. The highest BCUT2D eigenvalue weighted by Gasteiger charge is 2.02. The van der Waals surface area contributed by atoms with Crippen LogP contribution in [0.3, 0.4) is 0 Å². The van der Waals surface area contributed by atoms with Crippen molar-refractivity contribution in [2.24, 2.45) is 11.5 Å². The molecular weight excluding hydrogens is 162 g/mol. The number of nitrogens with two attached hydrogens (primary N) is 2. The summed E-state index contributed by atoms with van der Waals surface area (Å²) in [5, 5.41) is 0.450. The Bertz CT molecular complexity index is 239. The van der Waals surface area contributed by atoms with Gasteiger partial charge in [0, 0.05) is 18.8 Å². The van der Waals surface area contributed by atoms with Crippen molar-refractivity contribution >= 4 is 11.6 Å². The molecule has 11 heavy (non-hydrogen) atoms. The van der Waals surface area contributed by atoms with E-state index in [1.807, 2.05) is 6.07 Å². The van der Waals surface area contributed by atoms with E-state index in [0.717, 1.165) is 5.56 Å². The molecule has 0 aliphatic rings. The van der Waals surface area contributed by atoms with E-state index in [1.54, 1.807) is 12.3 Å². The average molecular weight is 172 g/mol. The molecule has 0 saturated carbocycles. The summed E-state index contributed by atoms with van der Waals surface area (Å²) < 4.78 is 0. The Morgan fingerprint density at radius 3 is 2.91 bits per heavy atom. The fourth-order valence-electron chi connectivity index (χ4n) is 0.784. The highest BCUT2D eigenvalue weighted by Crippen LogP contribution is 2.12. The summed E-state index contributed by atoms with van der Waals surface area (Å²) in [5.41, 5.74) is 11.9. The van der Waals surface area contributed by atoms with E-state index in [-0.39, 0.29) is 6.04 Å². The minimum atomic E-state index is -0.143. The molecule has 0 amide bonds. The largest absolute Gasteiger partial charge is 0.329 e. The van der Waals surface area contributed by atoms with Crippen LogP contribution >= 0.6 is 11.6 Å². The molecule has 0 fully saturated rings. The highest BCUT2D eigenvalue weighted by atomic mass is 35.5. The van der Waals surface area contributed by atoms with Gasteiger partial charge in [0.2, 0.25) is 0 Å². The lowest BCUT2D eigenvalue weighted by molar-refractivity contribution is 0.735. The molecule has 0 spiro atoms. The lowest BCUT2D eigenvalue weighted by Gasteiger charge is -2.07. The maximum atomic E-state index is 5.65. The Morgan fingerprint density at radius 2 is 2.36 bits per heavy atom. The first-order valence-corrected chi connectivity index (χ1v) is 3.69. The summed E-state index contributed by atoms with van der Waals surface area (Å²) in [6, 6.07) is 3.39. The number of hydrogen-bond acceptors (Lipinski definition) is 3. The van der Waals surface area contributed by atoms with Crippen LogP contribution in [0.5, 0.6) is 0 Å². The molecule has 3 nitrogen and oxygen atoms in total. The number of aromatic nitrogens is 1. The van der Waals surface area contributed by atoms with Crippen molar-refractivity contribution < 1.29 is 0 Å². The van der Waals surface area contributed by atoms with Crippen molar-refractivity contribution in [3.05, 3.63) is 29.0 Å². The third-order valence-corrected chi connectivity index (χ3v) is 1.64. The van der Waals surface area contributed by atoms with Crippen molar-refractivity contribution in [1.82, 2.24) is 4.98 Å². The summed E-state index contributed by atoms with van der Waals surface area (Å²) >= 11 is 5.64. The standard InChI is InChI=1S/C7H10ClN3/c8-7-3-5(1-2-11-7)6(10)4-9/h1-3,6H,4,9-10H2. The quantitative estimate of drug-likeness (QED) is 0.644. The van der Waals surface area contributed by atoms with Crippen molar-refractivity contribution in [1.29, 1.82) is 0 Å². The molecule has 0 aliphatic carbocycles. The lowest BCUT2D eigenvalue weighted by Crippen LogP contribution is -2.20. The highest BCUT2D eigenvalue weighted by molar-refractivity contribution is 6.29. The van der Waals surface area contributed by atoms with E-state index in [2.05, 4.69) is 4.98 Å². The van der Waals surface area contributed by atoms with Gasteiger partial charge in [0.1, 0.15) is 5.15 Å². The van der Waals surface area contributed by atoms with Gasteiger partial charge in [0.25, 0.3) is 0 Å². The van der Waals surface area contributed by atoms with Crippen LogP contribution in [0.4, 0.5) is 0 Å². The van der Waals surface area contributed by atoms with Crippen LogP contribution in [0, 0.1) is 0 Å².